The Morgan fingerprint density at radius 1 is 1.33 bits per heavy atom. The van der Waals surface area contributed by atoms with Crippen molar-refractivity contribution in [2.45, 2.75) is 39.8 Å². The molecule has 0 aliphatic heterocycles. The van der Waals surface area contributed by atoms with Crippen molar-refractivity contribution in [3.63, 3.8) is 0 Å². The molecule has 0 fully saturated rings. The third kappa shape index (κ3) is 4.51. The van der Waals surface area contributed by atoms with Crippen LogP contribution in [0.2, 0.25) is 0 Å². The molecule has 5 heteroatoms. The van der Waals surface area contributed by atoms with Crippen LogP contribution in [-0.4, -0.2) is 46.2 Å². The van der Waals surface area contributed by atoms with E-state index in [1.54, 1.807) is 0 Å². The predicted molar refractivity (Wildman–Crippen MR) is 86.4 cm³/mol. The minimum Gasteiger partial charge on any atom is -0.311 e. The van der Waals surface area contributed by atoms with Crippen molar-refractivity contribution in [2.75, 3.05) is 20.6 Å². The summed E-state index contributed by atoms with van der Waals surface area (Å²) in [5.41, 5.74) is 3.06. The van der Waals surface area contributed by atoms with Gasteiger partial charge in [-0.2, -0.15) is 5.10 Å². The Bertz CT molecular complexity index is 573. The van der Waals surface area contributed by atoms with Crippen LogP contribution in [0, 0.1) is 12.8 Å². The van der Waals surface area contributed by atoms with E-state index in [1.807, 2.05) is 23.7 Å². The number of hydrogen-bond acceptors (Lipinski definition) is 4. The van der Waals surface area contributed by atoms with Crippen LogP contribution in [-0.2, 0) is 6.54 Å². The average Bonchev–Trinajstić information content (AvgIpc) is 2.76. The molecule has 5 nitrogen and oxygen atoms in total. The molecule has 1 atom stereocenters. The number of rotatable bonds is 7. The average molecular weight is 289 g/mol. The number of fused-ring (bicyclic) bond motifs is 1. The standard InChI is InChI=1S/C16H27N5/c1-12(2)6-15(20(4)5)10-17-8-14-9-18-16-7-13(3)19-21(16)11-14/h7,9,11-12,15,17H,6,8,10H2,1-5H3. The summed E-state index contributed by atoms with van der Waals surface area (Å²) in [5, 5.41) is 7.94. The van der Waals surface area contributed by atoms with Crippen LogP contribution < -0.4 is 5.32 Å². The van der Waals surface area contributed by atoms with Crippen molar-refractivity contribution in [1.29, 1.82) is 0 Å². The molecule has 116 valence electrons. The first-order valence-electron chi connectivity index (χ1n) is 7.63. The van der Waals surface area contributed by atoms with Gasteiger partial charge in [-0.25, -0.2) is 9.50 Å². The SMILES string of the molecule is Cc1cc2ncc(CNCC(CC(C)C)N(C)C)cn2n1. The molecule has 21 heavy (non-hydrogen) atoms. The van der Waals surface area contributed by atoms with Crippen molar-refractivity contribution < 1.29 is 0 Å². The lowest BCUT2D eigenvalue weighted by atomic mass is 10.0. The molecular weight excluding hydrogens is 262 g/mol. The molecule has 0 bridgehead atoms. The second-order valence-corrected chi connectivity index (χ2v) is 6.43. The summed E-state index contributed by atoms with van der Waals surface area (Å²) < 4.78 is 1.85. The van der Waals surface area contributed by atoms with Crippen LogP contribution in [0.15, 0.2) is 18.5 Å². The molecule has 0 saturated carbocycles. The lowest BCUT2D eigenvalue weighted by Crippen LogP contribution is -2.38. The fourth-order valence-corrected chi connectivity index (χ4v) is 2.53. The van der Waals surface area contributed by atoms with Gasteiger partial charge in [-0.3, -0.25) is 0 Å². The zero-order valence-corrected chi connectivity index (χ0v) is 13.8. The molecule has 0 aliphatic rings. The molecule has 1 N–H and O–H groups in total. The second kappa shape index (κ2) is 7.00. The first kappa shape index (κ1) is 15.9. The molecule has 2 aromatic rings. The maximum absolute atomic E-state index is 4.43. The third-order valence-electron chi connectivity index (χ3n) is 3.67. The highest BCUT2D eigenvalue weighted by molar-refractivity contribution is 5.38. The van der Waals surface area contributed by atoms with Gasteiger partial charge < -0.3 is 10.2 Å². The highest BCUT2D eigenvalue weighted by Gasteiger charge is 2.12. The van der Waals surface area contributed by atoms with E-state index < -0.39 is 0 Å². The minimum absolute atomic E-state index is 0.564. The van der Waals surface area contributed by atoms with Gasteiger partial charge in [0.2, 0.25) is 0 Å². The molecule has 0 amide bonds. The van der Waals surface area contributed by atoms with Crippen LogP contribution in [0.25, 0.3) is 5.65 Å². The van der Waals surface area contributed by atoms with Gasteiger partial charge in [0.05, 0.1) is 5.69 Å². The smallest absolute Gasteiger partial charge is 0.155 e. The van der Waals surface area contributed by atoms with Crippen LogP contribution in [0.3, 0.4) is 0 Å². The van der Waals surface area contributed by atoms with Gasteiger partial charge in [0, 0.05) is 43.2 Å². The maximum Gasteiger partial charge on any atom is 0.155 e. The zero-order valence-electron chi connectivity index (χ0n) is 13.8. The van der Waals surface area contributed by atoms with Crippen molar-refractivity contribution in [1.82, 2.24) is 24.8 Å². The molecule has 2 rings (SSSR count). The summed E-state index contributed by atoms with van der Waals surface area (Å²) in [6, 6.07) is 2.55. The van der Waals surface area contributed by atoms with E-state index in [1.165, 1.54) is 6.42 Å². The van der Waals surface area contributed by atoms with E-state index in [0.29, 0.717) is 12.0 Å². The monoisotopic (exact) mass is 289 g/mol. The van der Waals surface area contributed by atoms with E-state index in [9.17, 15) is 0 Å². The zero-order chi connectivity index (χ0) is 15.4. The molecule has 1 unspecified atom stereocenters. The van der Waals surface area contributed by atoms with Gasteiger partial charge in [-0.1, -0.05) is 13.8 Å². The number of nitrogens with one attached hydrogen (secondary N) is 1. The van der Waals surface area contributed by atoms with Crippen LogP contribution in [0.5, 0.6) is 0 Å². The van der Waals surface area contributed by atoms with Gasteiger partial charge in [-0.05, 0) is 33.4 Å². The number of likely N-dealkylation sites (N-methyl/N-ethyl adjacent to an activating group) is 1. The van der Waals surface area contributed by atoms with E-state index in [-0.39, 0.29) is 0 Å². The lowest BCUT2D eigenvalue weighted by Gasteiger charge is -2.26. The second-order valence-electron chi connectivity index (χ2n) is 6.43. The summed E-state index contributed by atoms with van der Waals surface area (Å²) in [4.78, 5) is 6.73. The summed E-state index contributed by atoms with van der Waals surface area (Å²) >= 11 is 0. The summed E-state index contributed by atoms with van der Waals surface area (Å²) in [6.45, 7) is 8.34. The number of aromatic nitrogens is 3. The summed E-state index contributed by atoms with van der Waals surface area (Å²) in [6.07, 6.45) is 5.18. The van der Waals surface area contributed by atoms with E-state index in [2.05, 4.69) is 54.4 Å². The van der Waals surface area contributed by atoms with Crippen molar-refractivity contribution >= 4 is 5.65 Å². The normalized spacial score (nSPS) is 13.5. The van der Waals surface area contributed by atoms with Crippen LogP contribution in [0.4, 0.5) is 0 Å². The molecule has 2 heterocycles. The summed E-state index contributed by atoms with van der Waals surface area (Å²) in [5.74, 6) is 0.712. The molecule has 0 saturated heterocycles. The van der Waals surface area contributed by atoms with Gasteiger partial charge in [0.1, 0.15) is 0 Å². The van der Waals surface area contributed by atoms with Gasteiger partial charge in [0.25, 0.3) is 0 Å². The fourth-order valence-electron chi connectivity index (χ4n) is 2.53. The Kier molecular flexibility index (Phi) is 5.31. The number of nitrogens with zero attached hydrogens (tertiary/aromatic N) is 4. The largest absolute Gasteiger partial charge is 0.311 e. The van der Waals surface area contributed by atoms with Crippen LogP contribution in [0.1, 0.15) is 31.5 Å². The molecule has 0 spiro atoms. The third-order valence-corrected chi connectivity index (χ3v) is 3.67. The molecule has 0 aliphatic carbocycles. The first-order valence-corrected chi connectivity index (χ1v) is 7.63. The predicted octanol–water partition coefficient (Wildman–Crippen LogP) is 2.10. The quantitative estimate of drug-likeness (QED) is 0.848. The van der Waals surface area contributed by atoms with Gasteiger partial charge in [0.15, 0.2) is 5.65 Å². The maximum atomic E-state index is 4.43. The minimum atomic E-state index is 0.564. The van der Waals surface area contributed by atoms with Crippen molar-refractivity contribution in [3.05, 3.63) is 29.7 Å². The first-order chi connectivity index (χ1) is 9.95. The van der Waals surface area contributed by atoms with Gasteiger partial charge in [-0.15, -0.1) is 0 Å². The Labute approximate surface area is 127 Å². The highest BCUT2D eigenvalue weighted by Crippen LogP contribution is 2.09. The van der Waals surface area contributed by atoms with Gasteiger partial charge >= 0.3 is 0 Å². The fraction of sp³-hybridized carbons (Fsp3) is 0.625. The Balaban J connectivity index is 1.91. The molecule has 0 radical (unpaired) electrons. The number of hydrogen-bond donors (Lipinski definition) is 1. The molecule has 0 aromatic carbocycles. The number of aryl methyl sites for hydroxylation is 1. The Morgan fingerprint density at radius 3 is 2.76 bits per heavy atom. The highest BCUT2D eigenvalue weighted by atomic mass is 15.2. The van der Waals surface area contributed by atoms with E-state index in [0.717, 1.165) is 30.0 Å². The van der Waals surface area contributed by atoms with E-state index >= 15 is 0 Å². The molecular formula is C16H27N5. The summed E-state index contributed by atoms with van der Waals surface area (Å²) in [7, 11) is 4.30. The van der Waals surface area contributed by atoms with Crippen LogP contribution >= 0.6 is 0 Å². The molecule has 2 aromatic heterocycles. The van der Waals surface area contributed by atoms with Crippen molar-refractivity contribution in [3.8, 4) is 0 Å². The van der Waals surface area contributed by atoms with E-state index in [4.69, 9.17) is 0 Å². The topological polar surface area (TPSA) is 45.5 Å². The Hall–Kier alpha value is -1.46. The Morgan fingerprint density at radius 2 is 2.10 bits per heavy atom. The lowest BCUT2D eigenvalue weighted by molar-refractivity contribution is 0.246. The van der Waals surface area contributed by atoms with Crippen molar-refractivity contribution in [2.24, 2.45) is 5.92 Å².